The molecule has 2 aliphatic rings. The molecular weight excluding hydrogens is 933 g/mol. The summed E-state index contributed by atoms with van der Waals surface area (Å²) >= 11 is 3.65. The summed E-state index contributed by atoms with van der Waals surface area (Å²) in [6.07, 6.45) is 0. The van der Waals surface area contributed by atoms with E-state index in [4.69, 9.17) is 0 Å². The van der Waals surface area contributed by atoms with Gasteiger partial charge >= 0.3 is 0 Å². The zero-order chi connectivity index (χ0) is 49.7. The van der Waals surface area contributed by atoms with Crippen LogP contribution in [0.4, 0.5) is 34.1 Å². The molecule has 10 aromatic carbocycles. The molecule has 74 heavy (non-hydrogen) atoms. The van der Waals surface area contributed by atoms with Gasteiger partial charge in [0, 0.05) is 76.3 Å². The topological polar surface area (TPSA) is 6.48 Å². The van der Waals surface area contributed by atoms with Crippen LogP contribution in [0.15, 0.2) is 241 Å². The van der Waals surface area contributed by atoms with Crippen LogP contribution in [0, 0.1) is 0 Å². The molecule has 4 heteroatoms. The molecule has 0 saturated carbocycles. The highest BCUT2D eigenvalue weighted by molar-refractivity contribution is 7.18. The van der Waals surface area contributed by atoms with Gasteiger partial charge in [-0.1, -0.05) is 161 Å². The van der Waals surface area contributed by atoms with Gasteiger partial charge in [0.05, 0.1) is 0 Å². The summed E-state index contributed by atoms with van der Waals surface area (Å²) in [5.41, 5.74) is 24.7. The monoisotopic (exact) mass is 984 g/mol. The van der Waals surface area contributed by atoms with Gasteiger partial charge in [0.15, 0.2) is 0 Å². The van der Waals surface area contributed by atoms with Crippen LogP contribution >= 0.6 is 22.7 Å². The van der Waals surface area contributed by atoms with Gasteiger partial charge < -0.3 is 9.80 Å². The van der Waals surface area contributed by atoms with E-state index < -0.39 is 0 Å². The summed E-state index contributed by atoms with van der Waals surface area (Å²) < 4.78 is 2.65. The van der Waals surface area contributed by atoms with E-state index in [-0.39, 0.29) is 10.8 Å². The second-order valence-electron chi connectivity index (χ2n) is 21.0. The van der Waals surface area contributed by atoms with Gasteiger partial charge in [-0.2, -0.15) is 0 Å². The fourth-order valence-corrected chi connectivity index (χ4v) is 14.1. The SMILES string of the molecule is CC1(C)c2cc(-c3csc4ccccc34)ccc2-c2ccc(N(c3ccccc3)c3ccc(-c4ccc(N(c5ccccc5)c5ccc6c(c5)C(C)(C)c5cc(-c7csc8ccccc78)ccc5-6)cc4)cc3)cc21. The van der Waals surface area contributed by atoms with E-state index in [1.54, 1.807) is 0 Å². The predicted molar refractivity (Wildman–Crippen MR) is 318 cm³/mol. The molecule has 0 atom stereocenters. The number of hydrogen-bond acceptors (Lipinski definition) is 4. The number of benzene rings is 10. The molecule has 2 aromatic heterocycles. The van der Waals surface area contributed by atoms with Gasteiger partial charge in [0.25, 0.3) is 0 Å². The molecule has 0 fully saturated rings. The number of para-hydroxylation sites is 2. The zero-order valence-electron chi connectivity index (χ0n) is 41.8. The maximum Gasteiger partial charge on any atom is 0.0465 e. The lowest BCUT2D eigenvalue weighted by molar-refractivity contribution is 0.660. The first-order chi connectivity index (χ1) is 36.2. The van der Waals surface area contributed by atoms with Crippen molar-refractivity contribution in [2.45, 2.75) is 38.5 Å². The van der Waals surface area contributed by atoms with Crippen LogP contribution in [0.5, 0.6) is 0 Å². The average molecular weight is 985 g/mol. The van der Waals surface area contributed by atoms with Gasteiger partial charge in [-0.3, -0.25) is 0 Å². The lowest BCUT2D eigenvalue weighted by atomic mass is 9.81. The van der Waals surface area contributed by atoms with E-state index in [0.29, 0.717) is 0 Å². The normalized spacial score (nSPS) is 13.6. The highest BCUT2D eigenvalue weighted by Gasteiger charge is 2.38. The van der Waals surface area contributed by atoms with E-state index in [2.05, 4.69) is 279 Å². The van der Waals surface area contributed by atoms with Crippen LogP contribution < -0.4 is 9.80 Å². The van der Waals surface area contributed by atoms with Gasteiger partial charge in [-0.05, 0) is 175 Å². The second-order valence-corrected chi connectivity index (χ2v) is 22.8. The molecule has 0 amide bonds. The first kappa shape index (κ1) is 44.4. The fraction of sp³-hybridized carbons (Fsp3) is 0.0857. The number of rotatable bonds is 9. The minimum Gasteiger partial charge on any atom is -0.310 e. The van der Waals surface area contributed by atoms with Crippen molar-refractivity contribution in [2.75, 3.05) is 9.80 Å². The van der Waals surface area contributed by atoms with E-state index in [1.807, 2.05) is 22.7 Å². The highest BCUT2D eigenvalue weighted by atomic mass is 32.1. The smallest absolute Gasteiger partial charge is 0.0465 e. The van der Waals surface area contributed by atoms with Crippen molar-refractivity contribution in [2.24, 2.45) is 0 Å². The fourth-order valence-electron chi connectivity index (χ4n) is 12.1. The van der Waals surface area contributed by atoms with Crippen LogP contribution in [0.3, 0.4) is 0 Å². The van der Waals surface area contributed by atoms with Gasteiger partial charge in [-0.25, -0.2) is 0 Å². The highest BCUT2D eigenvalue weighted by Crippen LogP contribution is 2.54. The van der Waals surface area contributed by atoms with Crippen molar-refractivity contribution >= 4 is 77.0 Å². The van der Waals surface area contributed by atoms with E-state index >= 15 is 0 Å². The second kappa shape index (κ2) is 17.2. The summed E-state index contributed by atoms with van der Waals surface area (Å²) in [5.74, 6) is 0. The standard InChI is InChI=1S/C70H52N2S2/c1-69(2)63-39-47(61-43-73-67-21-13-11-19-59(61)67)27-35-55(63)57-37-33-53(41-65(57)69)71(49-15-7-5-8-16-49)51-29-23-45(24-30-51)46-25-31-52(32-26-46)72(50-17-9-6-10-18-50)54-34-38-58-56-36-28-48(40-64(56)70(3,4)66(58)42-54)62-44-74-68-22-14-12-20-60(62)68/h5-44H,1-4H3. The Labute approximate surface area is 441 Å². The Hall–Kier alpha value is -8.28. The number of thiophene rings is 2. The van der Waals surface area contributed by atoms with Crippen LogP contribution in [0.1, 0.15) is 49.9 Å². The quantitative estimate of drug-likeness (QED) is 0.142. The van der Waals surface area contributed by atoms with Crippen molar-refractivity contribution in [1.82, 2.24) is 0 Å². The Kier molecular flexibility index (Phi) is 10.3. The summed E-state index contributed by atoms with van der Waals surface area (Å²) in [4.78, 5) is 4.79. The van der Waals surface area contributed by atoms with Gasteiger partial charge in [-0.15, -0.1) is 22.7 Å². The lowest BCUT2D eigenvalue weighted by Crippen LogP contribution is -2.16. The van der Waals surface area contributed by atoms with Crippen molar-refractivity contribution in [1.29, 1.82) is 0 Å². The molecule has 0 spiro atoms. The summed E-state index contributed by atoms with van der Waals surface area (Å²) in [6, 6.07) is 85.5. The first-order valence-corrected chi connectivity index (χ1v) is 27.4. The molecule has 0 unspecified atom stereocenters. The molecule has 0 N–H and O–H groups in total. The van der Waals surface area contributed by atoms with Crippen molar-refractivity contribution in [3.63, 3.8) is 0 Å². The lowest BCUT2D eigenvalue weighted by Gasteiger charge is -2.28. The molecule has 0 aliphatic heterocycles. The Morgan fingerprint density at radius 1 is 0.270 bits per heavy atom. The molecule has 0 radical (unpaired) electrons. The van der Waals surface area contributed by atoms with Crippen LogP contribution in [-0.2, 0) is 10.8 Å². The zero-order valence-corrected chi connectivity index (χ0v) is 43.4. The number of hydrogen-bond donors (Lipinski definition) is 0. The molecule has 14 rings (SSSR count). The maximum atomic E-state index is 2.44. The number of anilines is 6. The number of nitrogens with zero attached hydrogens (tertiary/aromatic N) is 2. The average Bonchev–Trinajstić information content (AvgIpc) is 4.20. The molecule has 2 heterocycles. The molecule has 354 valence electrons. The van der Waals surface area contributed by atoms with Crippen molar-refractivity contribution < 1.29 is 0 Å². The molecule has 2 aliphatic carbocycles. The van der Waals surface area contributed by atoms with Crippen LogP contribution in [0.2, 0.25) is 0 Å². The summed E-state index contributed by atoms with van der Waals surface area (Å²) in [7, 11) is 0. The molecule has 0 bridgehead atoms. The Morgan fingerprint density at radius 2 is 0.581 bits per heavy atom. The minimum atomic E-state index is -0.176. The Balaban J connectivity index is 0.765. The number of fused-ring (bicyclic) bond motifs is 8. The van der Waals surface area contributed by atoms with Crippen molar-refractivity contribution in [3.8, 4) is 55.6 Å². The summed E-state index contributed by atoms with van der Waals surface area (Å²) in [6.45, 7) is 9.54. The van der Waals surface area contributed by atoms with E-state index in [0.717, 1.165) is 34.1 Å². The van der Waals surface area contributed by atoms with Crippen LogP contribution in [-0.4, -0.2) is 0 Å². The summed E-state index contributed by atoms with van der Waals surface area (Å²) in [5, 5.41) is 7.28. The minimum absolute atomic E-state index is 0.176. The molecular formula is C70H52N2S2. The van der Waals surface area contributed by atoms with E-state index in [9.17, 15) is 0 Å². The van der Waals surface area contributed by atoms with E-state index in [1.165, 1.54) is 98.1 Å². The molecule has 12 aromatic rings. The maximum absolute atomic E-state index is 2.44. The predicted octanol–water partition coefficient (Wildman–Crippen LogP) is 20.7. The third-order valence-electron chi connectivity index (χ3n) is 16.0. The van der Waals surface area contributed by atoms with Crippen LogP contribution in [0.25, 0.3) is 75.8 Å². The molecule has 2 nitrogen and oxygen atoms in total. The largest absolute Gasteiger partial charge is 0.310 e. The third kappa shape index (κ3) is 7.11. The van der Waals surface area contributed by atoms with Crippen molar-refractivity contribution in [3.05, 3.63) is 264 Å². The van der Waals surface area contributed by atoms with Gasteiger partial charge in [0.2, 0.25) is 0 Å². The van der Waals surface area contributed by atoms with Gasteiger partial charge in [0.1, 0.15) is 0 Å². The first-order valence-electron chi connectivity index (χ1n) is 25.6. The third-order valence-corrected chi connectivity index (χ3v) is 18.0. The molecule has 0 saturated heterocycles. The Morgan fingerprint density at radius 3 is 0.986 bits per heavy atom. The Bertz CT molecular complexity index is 3850.